The highest BCUT2D eigenvalue weighted by Gasteiger charge is 2.02. The molecule has 4 nitrogen and oxygen atoms in total. The molecule has 0 atom stereocenters. The van der Waals surface area contributed by atoms with Crippen molar-refractivity contribution in [2.75, 3.05) is 20.2 Å². The molecule has 0 fully saturated rings. The van der Waals surface area contributed by atoms with Gasteiger partial charge in [-0.2, -0.15) is 5.10 Å². The first-order valence-electron chi connectivity index (χ1n) is 6.49. The van der Waals surface area contributed by atoms with Crippen LogP contribution in [-0.4, -0.2) is 34.9 Å². The van der Waals surface area contributed by atoms with E-state index < -0.39 is 0 Å². The summed E-state index contributed by atoms with van der Waals surface area (Å²) in [7, 11) is 4.02. The highest BCUT2D eigenvalue weighted by Crippen LogP contribution is 2.12. The van der Waals surface area contributed by atoms with E-state index in [4.69, 9.17) is 4.74 Å². The summed E-state index contributed by atoms with van der Waals surface area (Å²) in [6.07, 6.45) is 3.94. The molecule has 1 heterocycles. The average Bonchev–Trinajstić information content (AvgIpc) is 2.75. The predicted molar refractivity (Wildman–Crippen MR) is 76.2 cm³/mol. The summed E-state index contributed by atoms with van der Waals surface area (Å²) < 4.78 is 7.56. The Labute approximate surface area is 114 Å². The Bertz CT molecular complexity index is 522. The molecular formula is C15H21N3O. The van der Waals surface area contributed by atoms with E-state index in [9.17, 15) is 0 Å². The highest BCUT2D eigenvalue weighted by atomic mass is 16.5. The molecule has 19 heavy (non-hydrogen) atoms. The number of aryl methyl sites for hydroxylation is 2. The van der Waals surface area contributed by atoms with Gasteiger partial charge in [0.25, 0.3) is 0 Å². The minimum absolute atomic E-state index is 0.695. The van der Waals surface area contributed by atoms with Crippen molar-refractivity contribution >= 4 is 0 Å². The van der Waals surface area contributed by atoms with Crippen molar-refractivity contribution in [2.45, 2.75) is 13.5 Å². The third kappa shape index (κ3) is 4.41. The lowest BCUT2D eigenvalue weighted by molar-refractivity contribution is 0.233. The fourth-order valence-electron chi connectivity index (χ4n) is 1.97. The largest absolute Gasteiger partial charge is 0.492 e. The lowest BCUT2D eigenvalue weighted by Crippen LogP contribution is -2.23. The molecule has 1 aromatic carbocycles. The van der Waals surface area contributed by atoms with Gasteiger partial charge >= 0.3 is 0 Å². The highest BCUT2D eigenvalue weighted by molar-refractivity contribution is 5.27. The van der Waals surface area contributed by atoms with Crippen LogP contribution in [0.25, 0.3) is 0 Å². The summed E-state index contributed by atoms with van der Waals surface area (Å²) in [6, 6.07) is 8.14. The molecule has 2 rings (SSSR count). The number of ether oxygens (including phenoxy) is 1. The molecule has 0 spiro atoms. The number of benzene rings is 1. The maximum absolute atomic E-state index is 5.74. The molecule has 0 saturated carbocycles. The zero-order valence-electron chi connectivity index (χ0n) is 11.8. The predicted octanol–water partition coefficient (Wildman–Crippen LogP) is 2.24. The van der Waals surface area contributed by atoms with E-state index in [1.807, 2.05) is 36.3 Å². The fraction of sp³-hybridized carbons (Fsp3) is 0.400. The van der Waals surface area contributed by atoms with Crippen LogP contribution in [0, 0.1) is 6.92 Å². The molecule has 0 radical (unpaired) electrons. The van der Waals surface area contributed by atoms with Crippen LogP contribution in [0.5, 0.6) is 5.75 Å². The first kappa shape index (κ1) is 13.6. The van der Waals surface area contributed by atoms with Gasteiger partial charge in [0.1, 0.15) is 12.4 Å². The molecule has 0 aliphatic rings. The minimum Gasteiger partial charge on any atom is -0.492 e. The second-order valence-electron chi connectivity index (χ2n) is 4.93. The second-order valence-corrected chi connectivity index (χ2v) is 4.93. The van der Waals surface area contributed by atoms with Crippen molar-refractivity contribution in [2.24, 2.45) is 7.05 Å². The number of likely N-dealkylation sites (N-methyl/N-ethyl adjacent to an activating group) is 1. The van der Waals surface area contributed by atoms with E-state index in [-0.39, 0.29) is 0 Å². The molecule has 4 heteroatoms. The van der Waals surface area contributed by atoms with E-state index in [1.54, 1.807) is 0 Å². The molecular weight excluding hydrogens is 238 g/mol. The number of hydrogen-bond donors (Lipinski definition) is 0. The van der Waals surface area contributed by atoms with Crippen molar-refractivity contribution < 1.29 is 4.74 Å². The Morgan fingerprint density at radius 3 is 2.89 bits per heavy atom. The van der Waals surface area contributed by atoms with Gasteiger partial charge in [-0.15, -0.1) is 0 Å². The summed E-state index contributed by atoms with van der Waals surface area (Å²) in [5.74, 6) is 0.940. The average molecular weight is 259 g/mol. The van der Waals surface area contributed by atoms with E-state index in [2.05, 4.69) is 36.1 Å². The van der Waals surface area contributed by atoms with Gasteiger partial charge in [0.2, 0.25) is 0 Å². The maximum Gasteiger partial charge on any atom is 0.119 e. The lowest BCUT2D eigenvalue weighted by atomic mass is 10.2. The maximum atomic E-state index is 5.74. The molecule has 0 unspecified atom stereocenters. The molecule has 102 valence electrons. The SMILES string of the molecule is Cc1cccc(OCCN(C)Cc2cnn(C)c2)c1. The normalized spacial score (nSPS) is 10.9. The van der Waals surface area contributed by atoms with Crippen LogP contribution in [0.3, 0.4) is 0 Å². The van der Waals surface area contributed by atoms with Gasteiger partial charge in [-0.25, -0.2) is 0 Å². The molecule has 0 saturated heterocycles. The number of aromatic nitrogens is 2. The van der Waals surface area contributed by atoms with Crippen LogP contribution in [0.4, 0.5) is 0 Å². The van der Waals surface area contributed by atoms with Gasteiger partial charge in [0.15, 0.2) is 0 Å². The summed E-state index contributed by atoms with van der Waals surface area (Å²) in [4.78, 5) is 2.23. The van der Waals surface area contributed by atoms with Gasteiger partial charge in [-0.05, 0) is 31.7 Å². The summed E-state index contributed by atoms with van der Waals surface area (Å²) >= 11 is 0. The number of nitrogens with zero attached hydrogens (tertiary/aromatic N) is 3. The van der Waals surface area contributed by atoms with Crippen LogP contribution < -0.4 is 4.74 Å². The molecule has 0 aliphatic heterocycles. The first-order chi connectivity index (χ1) is 9.13. The lowest BCUT2D eigenvalue weighted by Gasteiger charge is -2.16. The summed E-state index contributed by atoms with van der Waals surface area (Å²) in [6.45, 7) is 4.55. The van der Waals surface area contributed by atoms with E-state index in [1.165, 1.54) is 11.1 Å². The zero-order chi connectivity index (χ0) is 13.7. The Balaban J connectivity index is 1.73. The fourth-order valence-corrected chi connectivity index (χ4v) is 1.97. The van der Waals surface area contributed by atoms with E-state index in [0.717, 1.165) is 18.8 Å². The van der Waals surface area contributed by atoms with Crippen LogP contribution in [-0.2, 0) is 13.6 Å². The Kier molecular flexibility index (Phi) is 4.58. The minimum atomic E-state index is 0.695. The smallest absolute Gasteiger partial charge is 0.119 e. The first-order valence-corrected chi connectivity index (χ1v) is 6.49. The van der Waals surface area contributed by atoms with Gasteiger partial charge < -0.3 is 4.74 Å². The third-order valence-corrected chi connectivity index (χ3v) is 2.94. The molecule has 0 aliphatic carbocycles. The van der Waals surface area contributed by atoms with Crippen molar-refractivity contribution in [3.05, 3.63) is 47.8 Å². The quantitative estimate of drug-likeness (QED) is 0.797. The second kappa shape index (κ2) is 6.38. The van der Waals surface area contributed by atoms with Gasteiger partial charge in [0, 0.05) is 31.9 Å². The molecule has 0 N–H and O–H groups in total. The Hall–Kier alpha value is -1.81. The third-order valence-electron chi connectivity index (χ3n) is 2.94. The number of rotatable bonds is 6. The number of hydrogen-bond acceptors (Lipinski definition) is 3. The monoisotopic (exact) mass is 259 g/mol. The van der Waals surface area contributed by atoms with Crippen molar-refractivity contribution in [3.63, 3.8) is 0 Å². The van der Waals surface area contributed by atoms with Gasteiger partial charge in [0.05, 0.1) is 6.20 Å². The van der Waals surface area contributed by atoms with Crippen molar-refractivity contribution in [1.82, 2.24) is 14.7 Å². The van der Waals surface area contributed by atoms with Crippen LogP contribution >= 0.6 is 0 Å². The Morgan fingerprint density at radius 2 is 2.21 bits per heavy atom. The van der Waals surface area contributed by atoms with Gasteiger partial charge in [-0.1, -0.05) is 12.1 Å². The van der Waals surface area contributed by atoms with E-state index >= 15 is 0 Å². The van der Waals surface area contributed by atoms with Gasteiger partial charge in [-0.3, -0.25) is 9.58 Å². The Morgan fingerprint density at radius 1 is 1.37 bits per heavy atom. The molecule has 0 bridgehead atoms. The standard InChI is InChI=1S/C15H21N3O/c1-13-5-4-6-15(9-13)19-8-7-17(2)11-14-10-16-18(3)12-14/h4-6,9-10,12H,7-8,11H2,1-3H3. The zero-order valence-corrected chi connectivity index (χ0v) is 11.8. The van der Waals surface area contributed by atoms with Crippen LogP contribution in [0.1, 0.15) is 11.1 Å². The van der Waals surface area contributed by atoms with Crippen LogP contribution in [0.15, 0.2) is 36.7 Å². The molecule has 2 aromatic rings. The van der Waals surface area contributed by atoms with Crippen molar-refractivity contribution in [1.29, 1.82) is 0 Å². The van der Waals surface area contributed by atoms with E-state index in [0.29, 0.717) is 6.61 Å². The van der Waals surface area contributed by atoms with Crippen LogP contribution in [0.2, 0.25) is 0 Å². The van der Waals surface area contributed by atoms with Crippen molar-refractivity contribution in [3.8, 4) is 5.75 Å². The molecule has 0 amide bonds. The molecule has 1 aromatic heterocycles. The summed E-state index contributed by atoms with van der Waals surface area (Å²) in [5.41, 5.74) is 2.45. The summed E-state index contributed by atoms with van der Waals surface area (Å²) in [5, 5.41) is 4.17. The topological polar surface area (TPSA) is 30.3 Å².